The molecular formula is C10H18S2. The first-order valence-electron chi connectivity index (χ1n) is 5.18. The van der Waals surface area contributed by atoms with E-state index in [-0.39, 0.29) is 0 Å². The van der Waals surface area contributed by atoms with Crippen LogP contribution in [0, 0.1) is 0 Å². The van der Waals surface area contributed by atoms with E-state index in [2.05, 4.69) is 23.5 Å². The maximum atomic E-state index is 2.22. The first-order valence-corrected chi connectivity index (χ1v) is 7.28. The molecule has 12 heavy (non-hydrogen) atoms. The second-order valence-electron chi connectivity index (χ2n) is 3.85. The highest BCUT2D eigenvalue weighted by Gasteiger charge is 2.20. The van der Waals surface area contributed by atoms with E-state index in [4.69, 9.17) is 0 Å². The average Bonchev–Trinajstić information content (AvgIpc) is 2.74. The van der Waals surface area contributed by atoms with E-state index in [0.29, 0.717) is 0 Å². The van der Waals surface area contributed by atoms with Crippen LogP contribution >= 0.6 is 23.5 Å². The molecule has 0 radical (unpaired) electrons. The Kier molecular flexibility index (Phi) is 3.71. The molecule has 2 saturated heterocycles. The molecule has 2 rings (SSSR count). The lowest BCUT2D eigenvalue weighted by atomic mass is 10.1. The lowest BCUT2D eigenvalue weighted by Gasteiger charge is -2.11. The maximum absolute atomic E-state index is 2.22. The van der Waals surface area contributed by atoms with Gasteiger partial charge in [0.15, 0.2) is 0 Å². The zero-order valence-electron chi connectivity index (χ0n) is 7.63. The molecule has 0 aliphatic carbocycles. The average molecular weight is 202 g/mol. The molecule has 70 valence electrons. The van der Waals surface area contributed by atoms with Gasteiger partial charge < -0.3 is 0 Å². The van der Waals surface area contributed by atoms with Gasteiger partial charge in [0.25, 0.3) is 0 Å². The van der Waals surface area contributed by atoms with Crippen molar-refractivity contribution in [1.29, 1.82) is 0 Å². The van der Waals surface area contributed by atoms with Crippen LogP contribution in [0.1, 0.15) is 38.5 Å². The molecule has 2 aliphatic heterocycles. The molecule has 2 heteroatoms. The fourth-order valence-electron chi connectivity index (χ4n) is 2.12. The molecule has 2 aliphatic rings. The first-order chi connectivity index (χ1) is 5.95. The lowest BCUT2D eigenvalue weighted by molar-refractivity contribution is 0.635. The summed E-state index contributed by atoms with van der Waals surface area (Å²) in [5.41, 5.74) is 0. The van der Waals surface area contributed by atoms with Gasteiger partial charge in [0.1, 0.15) is 0 Å². The van der Waals surface area contributed by atoms with E-state index in [9.17, 15) is 0 Å². The maximum Gasteiger partial charge on any atom is 0.00477 e. The van der Waals surface area contributed by atoms with Crippen molar-refractivity contribution in [3.63, 3.8) is 0 Å². The van der Waals surface area contributed by atoms with Gasteiger partial charge in [0.2, 0.25) is 0 Å². The second kappa shape index (κ2) is 4.80. The molecular weight excluding hydrogens is 184 g/mol. The van der Waals surface area contributed by atoms with Crippen molar-refractivity contribution in [1.82, 2.24) is 0 Å². The number of hydrogen-bond donors (Lipinski definition) is 0. The monoisotopic (exact) mass is 202 g/mol. The number of hydrogen-bond acceptors (Lipinski definition) is 2. The fourth-order valence-corrected chi connectivity index (χ4v) is 4.72. The highest BCUT2D eigenvalue weighted by atomic mass is 32.2. The summed E-state index contributed by atoms with van der Waals surface area (Å²) in [4.78, 5) is 0. The van der Waals surface area contributed by atoms with Crippen molar-refractivity contribution >= 4 is 23.5 Å². The third kappa shape index (κ3) is 2.59. The minimum Gasteiger partial charge on any atom is -0.159 e. The van der Waals surface area contributed by atoms with Gasteiger partial charge in [-0.3, -0.25) is 0 Å². The molecule has 0 N–H and O–H groups in total. The Labute approximate surface area is 84.3 Å². The van der Waals surface area contributed by atoms with Gasteiger partial charge in [-0.1, -0.05) is 0 Å². The third-order valence-corrected chi connectivity index (χ3v) is 5.79. The summed E-state index contributed by atoms with van der Waals surface area (Å²) in [6.07, 6.45) is 8.97. The summed E-state index contributed by atoms with van der Waals surface area (Å²) in [7, 11) is 0. The fraction of sp³-hybridized carbons (Fsp3) is 1.00. The summed E-state index contributed by atoms with van der Waals surface area (Å²) >= 11 is 4.43. The zero-order chi connectivity index (χ0) is 8.23. The van der Waals surface area contributed by atoms with Crippen molar-refractivity contribution in [2.75, 3.05) is 11.5 Å². The number of thioether (sulfide) groups is 2. The molecule has 2 atom stereocenters. The van der Waals surface area contributed by atoms with E-state index in [1.165, 1.54) is 50.0 Å². The molecule has 0 spiro atoms. The van der Waals surface area contributed by atoms with Gasteiger partial charge in [-0.05, 0) is 50.0 Å². The summed E-state index contributed by atoms with van der Waals surface area (Å²) in [5.74, 6) is 2.87. The molecule has 0 nitrogen and oxygen atoms in total. The molecule has 2 fully saturated rings. The smallest absolute Gasteiger partial charge is 0.00477 e. The largest absolute Gasteiger partial charge is 0.159 e. The van der Waals surface area contributed by atoms with Crippen LogP contribution in [0.25, 0.3) is 0 Å². The normalized spacial score (nSPS) is 36.0. The van der Waals surface area contributed by atoms with Crippen LogP contribution in [0.4, 0.5) is 0 Å². The minimum absolute atomic E-state index is 1.03. The Hall–Kier alpha value is 0.700. The predicted molar refractivity (Wildman–Crippen MR) is 60.2 cm³/mol. The van der Waals surface area contributed by atoms with Crippen LogP contribution in [0.5, 0.6) is 0 Å². The highest BCUT2D eigenvalue weighted by molar-refractivity contribution is 8.00. The molecule has 0 aromatic carbocycles. The predicted octanol–water partition coefficient (Wildman–Crippen LogP) is 3.56. The highest BCUT2D eigenvalue weighted by Crippen LogP contribution is 2.34. The Morgan fingerprint density at radius 3 is 1.67 bits per heavy atom. The zero-order valence-corrected chi connectivity index (χ0v) is 9.26. The Balaban J connectivity index is 1.60. The third-order valence-electron chi connectivity index (χ3n) is 2.86. The molecule has 0 aromatic heterocycles. The quantitative estimate of drug-likeness (QED) is 0.686. The Bertz CT molecular complexity index is 108. The Morgan fingerprint density at radius 1 is 0.833 bits per heavy atom. The van der Waals surface area contributed by atoms with Gasteiger partial charge >= 0.3 is 0 Å². The van der Waals surface area contributed by atoms with E-state index in [1.807, 2.05) is 0 Å². The SMILES string of the molecule is C1CS[C@@H](CC[C@@H]2CCCS2)C1. The molecule has 2 heterocycles. The van der Waals surface area contributed by atoms with Crippen LogP contribution in [-0.2, 0) is 0 Å². The molecule has 0 aromatic rings. The molecule has 0 amide bonds. The van der Waals surface area contributed by atoms with E-state index in [0.717, 1.165) is 10.5 Å². The van der Waals surface area contributed by atoms with Crippen molar-refractivity contribution in [2.24, 2.45) is 0 Å². The van der Waals surface area contributed by atoms with Crippen molar-refractivity contribution in [3.8, 4) is 0 Å². The van der Waals surface area contributed by atoms with E-state index >= 15 is 0 Å². The first kappa shape index (κ1) is 9.26. The number of rotatable bonds is 3. The van der Waals surface area contributed by atoms with Crippen LogP contribution in [0.3, 0.4) is 0 Å². The van der Waals surface area contributed by atoms with Crippen LogP contribution in [0.15, 0.2) is 0 Å². The van der Waals surface area contributed by atoms with Gasteiger partial charge in [-0.25, -0.2) is 0 Å². The summed E-state index contributed by atoms with van der Waals surface area (Å²) in [5, 5.41) is 2.07. The Morgan fingerprint density at radius 2 is 1.33 bits per heavy atom. The van der Waals surface area contributed by atoms with Gasteiger partial charge in [0, 0.05) is 10.5 Å². The standard InChI is InChI=1S/C10H18S2/c1-3-9(11-7-1)5-6-10-4-2-8-12-10/h9-10H,1-8H2/t9-,10+. The van der Waals surface area contributed by atoms with Crippen molar-refractivity contribution < 1.29 is 0 Å². The molecule has 0 bridgehead atoms. The van der Waals surface area contributed by atoms with Crippen molar-refractivity contribution in [2.45, 2.75) is 49.0 Å². The summed E-state index contributed by atoms with van der Waals surface area (Å²) < 4.78 is 0. The topological polar surface area (TPSA) is 0 Å². The lowest BCUT2D eigenvalue weighted by Crippen LogP contribution is -2.03. The van der Waals surface area contributed by atoms with Crippen LogP contribution < -0.4 is 0 Å². The van der Waals surface area contributed by atoms with Crippen LogP contribution in [-0.4, -0.2) is 22.0 Å². The van der Waals surface area contributed by atoms with Gasteiger partial charge in [0.05, 0.1) is 0 Å². The second-order valence-corrected chi connectivity index (χ2v) is 6.66. The van der Waals surface area contributed by atoms with Crippen LogP contribution in [0.2, 0.25) is 0 Å². The minimum atomic E-state index is 1.03. The van der Waals surface area contributed by atoms with Crippen molar-refractivity contribution in [3.05, 3.63) is 0 Å². The van der Waals surface area contributed by atoms with Gasteiger partial charge in [-0.2, -0.15) is 23.5 Å². The summed E-state index contributed by atoms with van der Waals surface area (Å²) in [6, 6.07) is 0. The van der Waals surface area contributed by atoms with E-state index in [1.54, 1.807) is 0 Å². The molecule has 0 saturated carbocycles. The molecule has 0 unspecified atom stereocenters. The van der Waals surface area contributed by atoms with Gasteiger partial charge in [-0.15, -0.1) is 0 Å². The van der Waals surface area contributed by atoms with E-state index < -0.39 is 0 Å². The summed E-state index contributed by atoms with van der Waals surface area (Å²) in [6.45, 7) is 0.